The Kier molecular flexibility index (Phi) is 7.43. The molecule has 0 heterocycles. The summed E-state index contributed by atoms with van der Waals surface area (Å²) in [5.74, 6) is 0.521. The molecule has 5 nitrogen and oxygen atoms in total. The monoisotopic (exact) mass is 306 g/mol. The fraction of sp³-hybridized carbons (Fsp3) is 0.529. The van der Waals surface area contributed by atoms with Gasteiger partial charge in [0.1, 0.15) is 5.75 Å². The van der Waals surface area contributed by atoms with Gasteiger partial charge in [0.25, 0.3) is 0 Å². The summed E-state index contributed by atoms with van der Waals surface area (Å²) in [5.41, 5.74) is 1.53. The second-order valence-corrected chi connectivity index (χ2v) is 5.48. The summed E-state index contributed by atoms with van der Waals surface area (Å²) in [5, 5.41) is 5.66. The maximum atomic E-state index is 12.0. The molecule has 0 spiro atoms. The zero-order chi connectivity index (χ0) is 16.5. The van der Waals surface area contributed by atoms with Crippen molar-refractivity contribution in [1.82, 2.24) is 5.32 Å². The van der Waals surface area contributed by atoms with Gasteiger partial charge in [0.2, 0.25) is 11.8 Å². The minimum absolute atomic E-state index is 0.0213. The van der Waals surface area contributed by atoms with Crippen LogP contribution in [-0.4, -0.2) is 18.9 Å². The molecule has 1 unspecified atom stereocenters. The molecule has 0 aliphatic rings. The molecule has 1 atom stereocenters. The number of nitrogens with one attached hydrogen (secondary N) is 2. The first-order valence-corrected chi connectivity index (χ1v) is 7.70. The molecule has 22 heavy (non-hydrogen) atoms. The zero-order valence-electron chi connectivity index (χ0n) is 13.9. The van der Waals surface area contributed by atoms with Gasteiger partial charge in [0.05, 0.1) is 12.8 Å². The lowest BCUT2D eigenvalue weighted by molar-refractivity contribution is -0.124. The summed E-state index contributed by atoms with van der Waals surface area (Å²) >= 11 is 0. The highest BCUT2D eigenvalue weighted by Gasteiger charge is 2.12. The number of carbonyl (C=O) groups excluding carboxylic acids is 2. The van der Waals surface area contributed by atoms with E-state index in [0.29, 0.717) is 18.0 Å². The van der Waals surface area contributed by atoms with Crippen LogP contribution in [0, 0.1) is 5.92 Å². The maximum Gasteiger partial charge on any atom is 0.223 e. The molecular formula is C17H26N2O3. The van der Waals surface area contributed by atoms with Crippen molar-refractivity contribution in [2.75, 3.05) is 12.4 Å². The van der Waals surface area contributed by atoms with Gasteiger partial charge >= 0.3 is 0 Å². The lowest BCUT2D eigenvalue weighted by Crippen LogP contribution is -2.28. The van der Waals surface area contributed by atoms with Gasteiger partial charge in [-0.3, -0.25) is 9.59 Å². The predicted octanol–water partition coefficient (Wildman–Crippen LogP) is 3.10. The highest BCUT2D eigenvalue weighted by Crippen LogP contribution is 2.25. The van der Waals surface area contributed by atoms with E-state index in [1.807, 2.05) is 19.1 Å². The Morgan fingerprint density at radius 3 is 2.64 bits per heavy atom. The summed E-state index contributed by atoms with van der Waals surface area (Å²) in [6.07, 6.45) is 3.06. The van der Waals surface area contributed by atoms with Gasteiger partial charge in [0.15, 0.2) is 0 Å². The highest BCUT2D eigenvalue weighted by atomic mass is 16.5. The number of rotatable bonds is 8. The molecule has 0 aliphatic heterocycles. The summed E-state index contributed by atoms with van der Waals surface area (Å²) in [4.78, 5) is 23.2. The second kappa shape index (κ2) is 9.07. The molecule has 0 saturated heterocycles. The van der Waals surface area contributed by atoms with Crippen LogP contribution in [0.25, 0.3) is 0 Å². The molecule has 0 bridgehead atoms. The van der Waals surface area contributed by atoms with E-state index < -0.39 is 0 Å². The van der Waals surface area contributed by atoms with E-state index in [-0.39, 0.29) is 17.7 Å². The normalized spacial score (nSPS) is 11.6. The van der Waals surface area contributed by atoms with Gasteiger partial charge in [0, 0.05) is 19.4 Å². The Labute approximate surface area is 132 Å². The molecule has 1 rings (SSSR count). The molecule has 122 valence electrons. The second-order valence-electron chi connectivity index (χ2n) is 5.48. The van der Waals surface area contributed by atoms with E-state index in [1.165, 1.54) is 6.92 Å². The van der Waals surface area contributed by atoms with Crippen molar-refractivity contribution in [2.45, 2.75) is 46.6 Å². The minimum Gasteiger partial charge on any atom is -0.495 e. The van der Waals surface area contributed by atoms with Crippen LogP contribution < -0.4 is 15.4 Å². The van der Waals surface area contributed by atoms with Gasteiger partial charge in [-0.05, 0) is 24.1 Å². The number of anilines is 1. The van der Waals surface area contributed by atoms with Crippen LogP contribution in [0.4, 0.5) is 5.69 Å². The summed E-state index contributed by atoms with van der Waals surface area (Å²) in [6, 6.07) is 5.48. The van der Waals surface area contributed by atoms with Crippen LogP contribution in [0.3, 0.4) is 0 Å². The molecule has 0 fully saturated rings. The summed E-state index contributed by atoms with van der Waals surface area (Å²) < 4.78 is 5.21. The van der Waals surface area contributed by atoms with E-state index in [9.17, 15) is 9.59 Å². The van der Waals surface area contributed by atoms with Crippen molar-refractivity contribution in [3.05, 3.63) is 23.8 Å². The lowest BCUT2D eigenvalue weighted by atomic mass is 10.0. The molecule has 0 aliphatic carbocycles. The number of unbranched alkanes of at least 4 members (excludes halogenated alkanes) is 1. The topological polar surface area (TPSA) is 67.4 Å². The molecule has 1 aromatic rings. The third-order valence-electron chi connectivity index (χ3n) is 3.48. The first-order chi connectivity index (χ1) is 10.5. The fourth-order valence-electron chi connectivity index (χ4n) is 2.16. The number of ether oxygens (including phenoxy) is 1. The van der Waals surface area contributed by atoms with E-state index in [4.69, 9.17) is 4.74 Å². The zero-order valence-corrected chi connectivity index (χ0v) is 13.9. The first kappa shape index (κ1) is 18.0. The van der Waals surface area contributed by atoms with Crippen LogP contribution in [0.5, 0.6) is 5.75 Å². The quantitative estimate of drug-likeness (QED) is 0.775. The summed E-state index contributed by atoms with van der Waals surface area (Å²) in [7, 11) is 1.55. The van der Waals surface area contributed by atoms with Crippen LogP contribution in [0.2, 0.25) is 0 Å². The van der Waals surface area contributed by atoms with Gasteiger partial charge in [-0.2, -0.15) is 0 Å². The average Bonchev–Trinajstić information content (AvgIpc) is 2.49. The lowest BCUT2D eigenvalue weighted by Gasteiger charge is -2.14. The number of benzene rings is 1. The third kappa shape index (κ3) is 5.76. The predicted molar refractivity (Wildman–Crippen MR) is 87.8 cm³/mol. The first-order valence-electron chi connectivity index (χ1n) is 7.70. The van der Waals surface area contributed by atoms with Gasteiger partial charge in [-0.1, -0.05) is 32.8 Å². The van der Waals surface area contributed by atoms with Crippen molar-refractivity contribution in [2.24, 2.45) is 5.92 Å². The average molecular weight is 306 g/mol. The fourth-order valence-corrected chi connectivity index (χ4v) is 2.16. The smallest absolute Gasteiger partial charge is 0.223 e. The summed E-state index contributed by atoms with van der Waals surface area (Å²) in [6.45, 7) is 5.95. The molecule has 2 amide bonds. The Morgan fingerprint density at radius 1 is 1.32 bits per heavy atom. The molecular weight excluding hydrogens is 280 g/mol. The molecule has 0 radical (unpaired) electrons. The Balaban J connectivity index is 2.65. The largest absolute Gasteiger partial charge is 0.495 e. The molecule has 1 aromatic carbocycles. The van der Waals surface area contributed by atoms with Crippen molar-refractivity contribution < 1.29 is 14.3 Å². The van der Waals surface area contributed by atoms with Gasteiger partial charge in [-0.25, -0.2) is 0 Å². The number of carbonyl (C=O) groups is 2. The van der Waals surface area contributed by atoms with Crippen LogP contribution >= 0.6 is 0 Å². The number of methoxy groups -OCH3 is 1. The third-order valence-corrected chi connectivity index (χ3v) is 3.48. The van der Waals surface area contributed by atoms with Crippen molar-refractivity contribution >= 4 is 17.5 Å². The number of hydrogen-bond acceptors (Lipinski definition) is 3. The molecule has 0 saturated carbocycles. The van der Waals surface area contributed by atoms with E-state index >= 15 is 0 Å². The molecule has 2 N–H and O–H groups in total. The van der Waals surface area contributed by atoms with Crippen LogP contribution in [0.1, 0.15) is 45.6 Å². The van der Waals surface area contributed by atoms with E-state index in [1.54, 1.807) is 13.2 Å². The highest BCUT2D eigenvalue weighted by molar-refractivity contribution is 5.90. The number of amides is 2. The molecule has 0 aromatic heterocycles. The Bertz CT molecular complexity index is 515. The van der Waals surface area contributed by atoms with E-state index in [2.05, 4.69) is 17.6 Å². The number of hydrogen-bond donors (Lipinski definition) is 2. The van der Waals surface area contributed by atoms with Crippen molar-refractivity contribution in [3.63, 3.8) is 0 Å². The standard InChI is InChI=1S/C17H26N2O3/c1-5-6-7-12(2)17(21)18-11-14-8-9-16(22-4)15(10-14)19-13(3)20/h8-10,12H,5-7,11H2,1-4H3,(H,18,21)(H,19,20). The van der Waals surface area contributed by atoms with Crippen molar-refractivity contribution in [3.8, 4) is 5.75 Å². The SMILES string of the molecule is CCCCC(C)C(=O)NCc1ccc(OC)c(NC(C)=O)c1. The van der Waals surface area contributed by atoms with Gasteiger partial charge < -0.3 is 15.4 Å². The Hall–Kier alpha value is -2.04. The van der Waals surface area contributed by atoms with Gasteiger partial charge in [-0.15, -0.1) is 0 Å². The molecule has 5 heteroatoms. The van der Waals surface area contributed by atoms with Crippen LogP contribution in [0.15, 0.2) is 18.2 Å². The van der Waals surface area contributed by atoms with E-state index in [0.717, 1.165) is 24.8 Å². The minimum atomic E-state index is -0.160. The maximum absolute atomic E-state index is 12.0. The van der Waals surface area contributed by atoms with Crippen molar-refractivity contribution in [1.29, 1.82) is 0 Å². The van der Waals surface area contributed by atoms with Crippen LogP contribution in [-0.2, 0) is 16.1 Å². The Morgan fingerprint density at radius 2 is 2.05 bits per heavy atom.